The fourth-order valence-corrected chi connectivity index (χ4v) is 3.26. The predicted molar refractivity (Wildman–Crippen MR) is 90.1 cm³/mol. The molecule has 0 radical (unpaired) electrons. The standard InChI is InChI=1S/C17H16N2OS/c1-10-8-15(11(2)7-14(10)18)19-17(20)13-9-21-16-6-4-3-5-12(13)16/h3-9H,18H2,1-2H3,(H,19,20). The maximum Gasteiger partial charge on any atom is 0.257 e. The first-order chi connectivity index (χ1) is 10.1. The molecule has 3 rings (SSSR count). The number of nitrogen functional groups attached to an aromatic ring is 1. The third-order valence-electron chi connectivity index (χ3n) is 3.59. The molecule has 0 aliphatic carbocycles. The molecule has 1 heterocycles. The summed E-state index contributed by atoms with van der Waals surface area (Å²) in [4.78, 5) is 12.5. The number of hydrogen-bond donors (Lipinski definition) is 2. The number of thiophene rings is 1. The number of carbonyl (C=O) groups excluding carboxylic acids is 1. The SMILES string of the molecule is Cc1cc(NC(=O)c2csc3ccccc23)c(C)cc1N. The molecule has 0 saturated carbocycles. The first-order valence-corrected chi connectivity index (χ1v) is 7.58. The molecule has 2 aromatic carbocycles. The number of nitrogens with two attached hydrogens (primary N) is 1. The summed E-state index contributed by atoms with van der Waals surface area (Å²) >= 11 is 1.58. The Labute approximate surface area is 127 Å². The highest BCUT2D eigenvalue weighted by atomic mass is 32.1. The summed E-state index contributed by atoms with van der Waals surface area (Å²) in [5.74, 6) is -0.0836. The largest absolute Gasteiger partial charge is 0.399 e. The second-order valence-corrected chi connectivity index (χ2v) is 6.03. The van der Waals surface area contributed by atoms with Crippen LogP contribution in [0, 0.1) is 13.8 Å². The van der Waals surface area contributed by atoms with Gasteiger partial charge in [0.25, 0.3) is 5.91 Å². The first-order valence-electron chi connectivity index (χ1n) is 6.70. The highest BCUT2D eigenvalue weighted by Crippen LogP contribution is 2.27. The summed E-state index contributed by atoms with van der Waals surface area (Å²) in [7, 11) is 0. The monoisotopic (exact) mass is 296 g/mol. The minimum absolute atomic E-state index is 0.0836. The van der Waals surface area contributed by atoms with Crippen LogP contribution in [-0.4, -0.2) is 5.91 Å². The topological polar surface area (TPSA) is 55.1 Å². The molecule has 3 N–H and O–H groups in total. The number of benzene rings is 2. The van der Waals surface area contributed by atoms with Crippen LogP contribution < -0.4 is 11.1 Å². The van der Waals surface area contributed by atoms with Crippen LogP contribution >= 0.6 is 11.3 Å². The van der Waals surface area contributed by atoms with E-state index in [2.05, 4.69) is 5.32 Å². The summed E-state index contributed by atoms with van der Waals surface area (Å²) in [6.07, 6.45) is 0. The van der Waals surface area contributed by atoms with E-state index in [9.17, 15) is 4.79 Å². The molecule has 0 atom stereocenters. The Balaban J connectivity index is 1.95. The molecule has 0 aliphatic heterocycles. The van der Waals surface area contributed by atoms with E-state index in [1.807, 2.05) is 55.6 Å². The number of nitrogens with one attached hydrogen (secondary N) is 1. The van der Waals surface area contributed by atoms with E-state index in [1.54, 1.807) is 11.3 Å². The zero-order valence-corrected chi connectivity index (χ0v) is 12.8. The minimum atomic E-state index is -0.0836. The smallest absolute Gasteiger partial charge is 0.257 e. The molecule has 0 aliphatic rings. The van der Waals surface area contributed by atoms with Gasteiger partial charge >= 0.3 is 0 Å². The van der Waals surface area contributed by atoms with Crippen LogP contribution in [0.15, 0.2) is 41.8 Å². The van der Waals surface area contributed by atoms with Gasteiger partial charge in [0.2, 0.25) is 0 Å². The number of amides is 1. The highest BCUT2D eigenvalue weighted by molar-refractivity contribution is 7.17. The van der Waals surface area contributed by atoms with Crippen LogP contribution in [0.3, 0.4) is 0 Å². The van der Waals surface area contributed by atoms with E-state index in [4.69, 9.17) is 5.73 Å². The average Bonchev–Trinajstić information content (AvgIpc) is 2.88. The van der Waals surface area contributed by atoms with Gasteiger partial charge in [0.1, 0.15) is 0 Å². The summed E-state index contributed by atoms with van der Waals surface area (Å²) in [5.41, 5.74) is 10.1. The van der Waals surface area contributed by atoms with E-state index in [0.29, 0.717) is 5.56 Å². The molecule has 0 fully saturated rings. The van der Waals surface area contributed by atoms with Crippen LogP contribution in [-0.2, 0) is 0 Å². The van der Waals surface area contributed by atoms with Gasteiger partial charge in [0.15, 0.2) is 0 Å². The van der Waals surface area contributed by atoms with Crippen LogP contribution in [0.1, 0.15) is 21.5 Å². The lowest BCUT2D eigenvalue weighted by molar-refractivity contribution is 0.102. The van der Waals surface area contributed by atoms with Crippen molar-refractivity contribution < 1.29 is 4.79 Å². The van der Waals surface area contributed by atoms with E-state index < -0.39 is 0 Å². The fourth-order valence-electron chi connectivity index (χ4n) is 2.32. The Kier molecular flexibility index (Phi) is 3.39. The van der Waals surface area contributed by atoms with Crippen molar-refractivity contribution in [2.24, 2.45) is 0 Å². The van der Waals surface area contributed by atoms with E-state index >= 15 is 0 Å². The summed E-state index contributed by atoms with van der Waals surface area (Å²) in [6, 6.07) is 11.7. The van der Waals surface area contributed by atoms with Crippen LogP contribution in [0.2, 0.25) is 0 Å². The molecule has 0 saturated heterocycles. The van der Waals surface area contributed by atoms with Gasteiger partial charge in [0.05, 0.1) is 5.56 Å². The second kappa shape index (κ2) is 5.22. The maximum absolute atomic E-state index is 12.5. The first kappa shape index (κ1) is 13.6. The van der Waals surface area contributed by atoms with Crippen LogP contribution in [0.5, 0.6) is 0 Å². The normalized spacial score (nSPS) is 10.8. The Morgan fingerprint density at radius 2 is 1.90 bits per heavy atom. The van der Waals surface area contributed by atoms with Crippen molar-refractivity contribution in [2.45, 2.75) is 13.8 Å². The van der Waals surface area contributed by atoms with Crippen molar-refractivity contribution >= 4 is 38.7 Å². The summed E-state index contributed by atoms with van der Waals surface area (Å²) in [6.45, 7) is 3.88. The van der Waals surface area contributed by atoms with E-state index in [0.717, 1.165) is 32.6 Å². The van der Waals surface area contributed by atoms with Gasteiger partial charge in [0, 0.05) is 26.8 Å². The Bertz CT molecular complexity index is 836. The summed E-state index contributed by atoms with van der Waals surface area (Å²) < 4.78 is 1.12. The molecule has 3 nitrogen and oxygen atoms in total. The van der Waals surface area contributed by atoms with Gasteiger partial charge in [-0.25, -0.2) is 0 Å². The van der Waals surface area contributed by atoms with Gasteiger partial charge < -0.3 is 11.1 Å². The highest BCUT2D eigenvalue weighted by Gasteiger charge is 2.13. The van der Waals surface area contributed by atoms with E-state index in [1.165, 1.54) is 0 Å². The lowest BCUT2D eigenvalue weighted by atomic mass is 10.1. The second-order valence-electron chi connectivity index (χ2n) is 5.12. The number of carbonyl (C=O) groups is 1. The maximum atomic E-state index is 12.5. The van der Waals surface area contributed by atoms with Crippen molar-refractivity contribution in [1.29, 1.82) is 0 Å². The predicted octanol–water partition coefficient (Wildman–Crippen LogP) is 4.35. The minimum Gasteiger partial charge on any atom is -0.399 e. The molecule has 0 unspecified atom stereocenters. The third kappa shape index (κ3) is 2.50. The lowest BCUT2D eigenvalue weighted by Crippen LogP contribution is -2.12. The number of anilines is 2. The zero-order chi connectivity index (χ0) is 15.0. The zero-order valence-electron chi connectivity index (χ0n) is 11.9. The molecular weight excluding hydrogens is 280 g/mol. The molecule has 0 bridgehead atoms. The van der Waals surface area contributed by atoms with Gasteiger partial charge in [-0.1, -0.05) is 18.2 Å². The average molecular weight is 296 g/mol. The molecule has 4 heteroatoms. The molecular formula is C17H16N2OS. The van der Waals surface area contributed by atoms with Crippen molar-refractivity contribution in [3.8, 4) is 0 Å². The van der Waals surface area contributed by atoms with Crippen molar-refractivity contribution in [3.63, 3.8) is 0 Å². The number of hydrogen-bond acceptors (Lipinski definition) is 3. The Morgan fingerprint density at radius 3 is 2.71 bits per heavy atom. The Hall–Kier alpha value is -2.33. The Morgan fingerprint density at radius 1 is 1.14 bits per heavy atom. The number of aryl methyl sites for hydroxylation is 2. The third-order valence-corrected chi connectivity index (χ3v) is 4.55. The van der Waals surface area contributed by atoms with Gasteiger partial charge in [-0.3, -0.25) is 4.79 Å². The van der Waals surface area contributed by atoms with Gasteiger partial charge in [-0.15, -0.1) is 11.3 Å². The molecule has 1 amide bonds. The molecule has 3 aromatic rings. The van der Waals surface area contributed by atoms with Crippen LogP contribution in [0.25, 0.3) is 10.1 Å². The lowest BCUT2D eigenvalue weighted by Gasteiger charge is -2.11. The molecule has 21 heavy (non-hydrogen) atoms. The number of rotatable bonds is 2. The van der Waals surface area contributed by atoms with Gasteiger partial charge in [-0.2, -0.15) is 0 Å². The van der Waals surface area contributed by atoms with Crippen LogP contribution in [0.4, 0.5) is 11.4 Å². The van der Waals surface area contributed by atoms with E-state index in [-0.39, 0.29) is 5.91 Å². The van der Waals surface area contributed by atoms with Crippen molar-refractivity contribution in [3.05, 3.63) is 58.5 Å². The van der Waals surface area contributed by atoms with Crippen molar-refractivity contribution in [1.82, 2.24) is 0 Å². The summed E-state index contributed by atoms with van der Waals surface area (Å²) in [5, 5.41) is 5.88. The quantitative estimate of drug-likeness (QED) is 0.691. The van der Waals surface area contributed by atoms with Gasteiger partial charge in [-0.05, 0) is 43.2 Å². The van der Waals surface area contributed by atoms with Crippen molar-refractivity contribution in [2.75, 3.05) is 11.1 Å². The number of fused-ring (bicyclic) bond motifs is 1. The molecule has 106 valence electrons. The molecule has 1 aromatic heterocycles. The fraction of sp³-hybridized carbons (Fsp3) is 0.118. The molecule has 0 spiro atoms.